The van der Waals surface area contributed by atoms with E-state index in [1.54, 1.807) is 11.1 Å². The van der Waals surface area contributed by atoms with Crippen molar-refractivity contribution in [1.29, 1.82) is 5.26 Å². The second-order valence-corrected chi connectivity index (χ2v) is 6.86. The fraction of sp³-hybridized carbons (Fsp3) is 0.421. The van der Waals surface area contributed by atoms with Gasteiger partial charge in [-0.3, -0.25) is 9.78 Å². The zero-order valence-corrected chi connectivity index (χ0v) is 15.2. The predicted molar refractivity (Wildman–Crippen MR) is 96.8 cm³/mol. The molecule has 28 heavy (non-hydrogen) atoms. The lowest BCUT2D eigenvalue weighted by atomic mass is 9.95. The topological polar surface area (TPSA) is 95.2 Å². The summed E-state index contributed by atoms with van der Waals surface area (Å²) in [6.07, 6.45) is 6.79. The average molecular weight is 382 g/mol. The smallest absolute Gasteiger partial charge is 0.226 e. The minimum atomic E-state index is -0.466. The molecule has 1 saturated heterocycles. The monoisotopic (exact) mass is 382 g/mol. The molecular weight excluding hydrogens is 363 g/mol. The van der Waals surface area contributed by atoms with Gasteiger partial charge in [-0.2, -0.15) is 5.26 Å². The molecule has 4 rings (SSSR count). The number of rotatable bonds is 2. The van der Waals surface area contributed by atoms with Crippen molar-refractivity contribution in [2.24, 2.45) is 5.92 Å². The first-order valence-electron chi connectivity index (χ1n) is 9.17. The Bertz CT molecular complexity index is 906. The molecule has 8 nitrogen and oxygen atoms in total. The van der Waals surface area contributed by atoms with Crippen LogP contribution in [0.5, 0.6) is 5.75 Å². The van der Waals surface area contributed by atoms with Gasteiger partial charge in [-0.1, -0.05) is 0 Å². The Morgan fingerprint density at radius 2 is 1.93 bits per heavy atom. The maximum absolute atomic E-state index is 13.0. The molecule has 0 unspecified atom stereocenters. The molecule has 2 aliphatic rings. The first-order chi connectivity index (χ1) is 13.7. The Morgan fingerprint density at radius 1 is 1.18 bits per heavy atom. The summed E-state index contributed by atoms with van der Waals surface area (Å²) < 4.78 is 18.7. The number of fused-ring (bicyclic) bond motifs is 1. The molecule has 0 aliphatic carbocycles. The average Bonchev–Trinajstić information content (AvgIpc) is 2.96. The van der Waals surface area contributed by atoms with E-state index in [9.17, 15) is 14.4 Å². The molecule has 144 valence electrons. The number of carbonyl (C=O) groups excluding carboxylic acids is 1. The molecule has 9 heteroatoms. The molecule has 2 aromatic heterocycles. The second-order valence-electron chi connectivity index (χ2n) is 6.86. The number of halogens is 1. The summed E-state index contributed by atoms with van der Waals surface area (Å²) in [5.74, 6) is 0.533. The van der Waals surface area contributed by atoms with Gasteiger partial charge in [-0.05, 0) is 12.8 Å². The molecule has 0 atom stereocenters. The number of anilines is 1. The van der Waals surface area contributed by atoms with Crippen molar-refractivity contribution in [1.82, 2.24) is 19.9 Å². The van der Waals surface area contributed by atoms with Gasteiger partial charge >= 0.3 is 0 Å². The van der Waals surface area contributed by atoms with Crippen LogP contribution in [-0.4, -0.2) is 52.0 Å². The minimum Gasteiger partial charge on any atom is -0.490 e. The normalized spacial score (nSPS) is 17.3. The van der Waals surface area contributed by atoms with E-state index >= 15 is 0 Å². The van der Waals surface area contributed by atoms with Crippen LogP contribution >= 0.6 is 0 Å². The molecule has 2 aliphatic heterocycles. The van der Waals surface area contributed by atoms with Gasteiger partial charge in [-0.25, -0.2) is 14.4 Å². The number of piperidine rings is 1. The van der Waals surface area contributed by atoms with Crippen molar-refractivity contribution in [2.45, 2.75) is 19.4 Å². The number of hydrogen-bond donors (Lipinski definition) is 0. The summed E-state index contributed by atoms with van der Waals surface area (Å²) in [5.41, 5.74) is 1.14. The van der Waals surface area contributed by atoms with Crippen LogP contribution in [0, 0.1) is 23.1 Å². The summed E-state index contributed by atoms with van der Waals surface area (Å²) in [7, 11) is 0. The third kappa shape index (κ3) is 3.58. The van der Waals surface area contributed by atoms with E-state index in [1.807, 2.05) is 4.90 Å². The van der Waals surface area contributed by atoms with Crippen LogP contribution < -0.4 is 9.64 Å². The molecule has 1 fully saturated rings. The summed E-state index contributed by atoms with van der Waals surface area (Å²) in [6, 6.07) is 2.08. The number of hydrogen-bond acceptors (Lipinski definition) is 7. The predicted octanol–water partition coefficient (Wildman–Crippen LogP) is 1.52. The zero-order valence-electron chi connectivity index (χ0n) is 15.2. The van der Waals surface area contributed by atoms with Gasteiger partial charge in [-0.15, -0.1) is 0 Å². The summed E-state index contributed by atoms with van der Waals surface area (Å²) >= 11 is 0. The third-order valence-electron chi connectivity index (χ3n) is 5.10. The van der Waals surface area contributed by atoms with Crippen LogP contribution in [0.2, 0.25) is 0 Å². The Hall–Kier alpha value is -3.28. The minimum absolute atomic E-state index is 0.0819. The maximum atomic E-state index is 13.0. The second kappa shape index (κ2) is 7.76. The van der Waals surface area contributed by atoms with Crippen LogP contribution in [0.4, 0.5) is 10.3 Å². The van der Waals surface area contributed by atoms with Gasteiger partial charge in [0.1, 0.15) is 24.0 Å². The van der Waals surface area contributed by atoms with Gasteiger partial charge in [0, 0.05) is 37.0 Å². The molecule has 0 N–H and O–H groups in total. The third-order valence-corrected chi connectivity index (χ3v) is 5.10. The highest BCUT2D eigenvalue weighted by molar-refractivity contribution is 5.79. The van der Waals surface area contributed by atoms with E-state index in [1.165, 1.54) is 6.20 Å². The largest absolute Gasteiger partial charge is 0.490 e. The van der Waals surface area contributed by atoms with E-state index in [0.29, 0.717) is 62.9 Å². The quantitative estimate of drug-likeness (QED) is 0.777. The molecule has 0 aromatic carbocycles. The summed E-state index contributed by atoms with van der Waals surface area (Å²) in [5, 5.41) is 9.21. The zero-order chi connectivity index (χ0) is 19.5. The summed E-state index contributed by atoms with van der Waals surface area (Å²) in [4.78, 5) is 28.9. The standard InChI is InChI=1S/C19H19FN6O2/c20-16-10-23-19(24-11-16)25-3-1-13(2-4-25)18(27)26-5-6-28-17-14(7-21)8-22-9-15(17)12-26/h8-11,13H,1-6,12H2. The van der Waals surface area contributed by atoms with Crippen LogP contribution in [-0.2, 0) is 11.3 Å². The highest BCUT2D eigenvalue weighted by Crippen LogP contribution is 2.28. The van der Waals surface area contributed by atoms with Crippen molar-refractivity contribution in [3.63, 3.8) is 0 Å². The van der Waals surface area contributed by atoms with Crippen LogP contribution in [0.1, 0.15) is 24.0 Å². The Labute approximate surface area is 161 Å². The number of nitriles is 1. The van der Waals surface area contributed by atoms with Crippen LogP contribution in [0.25, 0.3) is 0 Å². The molecule has 0 spiro atoms. The highest BCUT2D eigenvalue weighted by atomic mass is 19.1. The fourth-order valence-electron chi connectivity index (χ4n) is 3.64. The number of aromatic nitrogens is 3. The number of amides is 1. The Kier molecular flexibility index (Phi) is 5.02. The van der Waals surface area contributed by atoms with Gasteiger partial charge in [0.25, 0.3) is 0 Å². The van der Waals surface area contributed by atoms with Crippen molar-refractivity contribution in [2.75, 3.05) is 31.1 Å². The first kappa shape index (κ1) is 18.1. The molecule has 4 heterocycles. The van der Waals surface area contributed by atoms with E-state index < -0.39 is 5.82 Å². The van der Waals surface area contributed by atoms with Crippen molar-refractivity contribution in [3.05, 3.63) is 41.7 Å². The van der Waals surface area contributed by atoms with Gasteiger partial charge in [0.2, 0.25) is 11.9 Å². The maximum Gasteiger partial charge on any atom is 0.226 e. The SMILES string of the molecule is N#Cc1cncc2c1OCCN(C(=O)C1CCN(c3ncc(F)cn3)CC1)C2. The molecule has 1 amide bonds. The Morgan fingerprint density at radius 3 is 2.64 bits per heavy atom. The fourth-order valence-corrected chi connectivity index (χ4v) is 3.64. The molecule has 0 radical (unpaired) electrons. The highest BCUT2D eigenvalue weighted by Gasteiger charge is 2.31. The van der Waals surface area contributed by atoms with Gasteiger partial charge in [0.15, 0.2) is 5.82 Å². The first-order valence-corrected chi connectivity index (χ1v) is 9.17. The van der Waals surface area contributed by atoms with E-state index in [4.69, 9.17) is 4.74 Å². The lowest BCUT2D eigenvalue weighted by Gasteiger charge is -2.33. The van der Waals surface area contributed by atoms with E-state index in [2.05, 4.69) is 21.0 Å². The van der Waals surface area contributed by atoms with E-state index in [-0.39, 0.29) is 11.8 Å². The van der Waals surface area contributed by atoms with Crippen LogP contribution in [0.3, 0.4) is 0 Å². The number of ether oxygens (including phenoxy) is 1. The molecular formula is C19H19FN6O2. The summed E-state index contributed by atoms with van der Waals surface area (Å²) in [6.45, 7) is 2.49. The Balaban J connectivity index is 1.41. The van der Waals surface area contributed by atoms with Gasteiger partial charge < -0.3 is 14.5 Å². The lowest BCUT2D eigenvalue weighted by molar-refractivity contribution is -0.137. The number of carbonyl (C=O) groups is 1. The van der Waals surface area contributed by atoms with Crippen molar-refractivity contribution < 1.29 is 13.9 Å². The number of nitrogens with zero attached hydrogens (tertiary/aromatic N) is 6. The molecule has 2 aromatic rings. The van der Waals surface area contributed by atoms with Crippen molar-refractivity contribution >= 4 is 11.9 Å². The van der Waals surface area contributed by atoms with Gasteiger partial charge in [0.05, 0.1) is 25.5 Å². The van der Waals surface area contributed by atoms with Crippen molar-refractivity contribution in [3.8, 4) is 11.8 Å². The molecule has 0 bridgehead atoms. The number of pyridine rings is 1. The van der Waals surface area contributed by atoms with Crippen LogP contribution in [0.15, 0.2) is 24.8 Å². The molecule has 0 saturated carbocycles. The van der Waals surface area contributed by atoms with E-state index in [0.717, 1.165) is 18.0 Å². The lowest BCUT2D eigenvalue weighted by Crippen LogP contribution is -2.43.